The molecule has 2 aromatic heterocycles. The van der Waals surface area contributed by atoms with E-state index in [-0.39, 0.29) is 11.9 Å². The van der Waals surface area contributed by atoms with Gasteiger partial charge in [0, 0.05) is 11.4 Å². The third kappa shape index (κ3) is 4.74. The molecule has 0 saturated carbocycles. The third-order valence-electron chi connectivity index (χ3n) is 3.24. The van der Waals surface area contributed by atoms with E-state index in [1.165, 1.54) is 22.2 Å². The van der Waals surface area contributed by atoms with Crippen LogP contribution in [0.2, 0.25) is 0 Å². The highest BCUT2D eigenvalue weighted by atomic mass is 32.2. The van der Waals surface area contributed by atoms with Crippen LogP contribution in [-0.2, 0) is 11.3 Å². The normalized spacial score (nSPS) is 10.8. The Morgan fingerprint density at radius 3 is 2.95 bits per heavy atom. The molecule has 8 heteroatoms. The highest BCUT2D eigenvalue weighted by Crippen LogP contribution is 2.20. The van der Waals surface area contributed by atoms with Crippen molar-refractivity contribution in [3.8, 4) is 0 Å². The van der Waals surface area contributed by atoms with Crippen LogP contribution in [0.5, 0.6) is 0 Å². The molecule has 0 aliphatic rings. The maximum absolute atomic E-state index is 12.5. The molecule has 3 N–H and O–H groups in total. The van der Waals surface area contributed by atoms with Crippen LogP contribution in [0.4, 0.5) is 5.95 Å². The lowest BCUT2D eigenvalue weighted by atomic mass is 10.2. The predicted molar refractivity (Wildman–Crippen MR) is 90.9 cm³/mol. The van der Waals surface area contributed by atoms with Crippen LogP contribution in [-0.4, -0.2) is 38.3 Å². The zero-order chi connectivity index (χ0) is 15.9. The number of nitrogens with zero attached hydrogens (tertiary/aromatic N) is 3. The van der Waals surface area contributed by atoms with Crippen molar-refractivity contribution >= 4 is 35.0 Å². The molecule has 2 heterocycles. The molecule has 2 aromatic rings. The van der Waals surface area contributed by atoms with E-state index in [2.05, 4.69) is 40.5 Å². The molecule has 2 rings (SSSR count). The molecule has 0 unspecified atom stereocenters. The van der Waals surface area contributed by atoms with Crippen LogP contribution in [0, 0.1) is 6.92 Å². The minimum Gasteiger partial charge on any atom is -0.368 e. The number of nitrogens with two attached hydrogens (primary N) is 1. The van der Waals surface area contributed by atoms with Gasteiger partial charge < -0.3 is 10.6 Å². The molecule has 0 aromatic carbocycles. The Balaban J connectivity index is 1.94. The Bertz CT molecular complexity index is 610. The second-order valence-electron chi connectivity index (χ2n) is 4.99. The van der Waals surface area contributed by atoms with Gasteiger partial charge in [-0.2, -0.15) is 4.98 Å². The molecule has 0 aliphatic heterocycles. The first-order valence-corrected chi connectivity index (χ1v) is 9.08. The van der Waals surface area contributed by atoms with Crippen molar-refractivity contribution in [1.82, 2.24) is 20.1 Å². The molecule has 1 amide bonds. The maximum atomic E-state index is 12.5. The van der Waals surface area contributed by atoms with E-state index >= 15 is 0 Å². The number of H-pyrrole nitrogens is 1. The number of carbonyl (C=O) groups excluding carboxylic acids is 1. The van der Waals surface area contributed by atoms with Gasteiger partial charge in [0.05, 0.1) is 12.3 Å². The van der Waals surface area contributed by atoms with Gasteiger partial charge in [-0.25, -0.2) is 5.10 Å². The number of hydrogen-bond acceptors (Lipinski definition) is 6. The summed E-state index contributed by atoms with van der Waals surface area (Å²) >= 11 is 3.01. The molecular formula is C14H21N5OS2. The van der Waals surface area contributed by atoms with Crippen LogP contribution in [0.15, 0.2) is 16.6 Å². The second-order valence-corrected chi connectivity index (χ2v) is 6.93. The lowest BCUT2D eigenvalue weighted by Gasteiger charge is -2.22. The largest absolute Gasteiger partial charge is 0.368 e. The van der Waals surface area contributed by atoms with Crippen LogP contribution in [0.3, 0.4) is 0 Å². The molecule has 6 nitrogen and oxygen atoms in total. The number of amides is 1. The van der Waals surface area contributed by atoms with Gasteiger partial charge in [0.1, 0.15) is 0 Å². The van der Waals surface area contributed by atoms with E-state index in [0.717, 1.165) is 19.4 Å². The van der Waals surface area contributed by atoms with E-state index in [1.807, 2.05) is 4.90 Å². The van der Waals surface area contributed by atoms with Crippen molar-refractivity contribution in [2.75, 3.05) is 18.0 Å². The summed E-state index contributed by atoms with van der Waals surface area (Å²) in [7, 11) is 0. The second kappa shape index (κ2) is 8.19. The average molecular weight is 339 g/mol. The molecule has 0 atom stereocenters. The highest BCUT2D eigenvalue weighted by molar-refractivity contribution is 7.99. The molecule has 0 saturated heterocycles. The summed E-state index contributed by atoms with van der Waals surface area (Å²) in [5, 5.41) is 9.08. The first kappa shape index (κ1) is 16.8. The minimum atomic E-state index is 0.106. The van der Waals surface area contributed by atoms with Crippen molar-refractivity contribution in [2.24, 2.45) is 0 Å². The third-order valence-corrected chi connectivity index (χ3v) is 5.08. The molecule has 0 aliphatic carbocycles. The summed E-state index contributed by atoms with van der Waals surface area (Å²) in [5.74, 6) is 0.701. The van der Waals surface area contributed by atoms with Crippen molar-refractivity contribution in [2.45, 2.75) is 38.4 Å². The van der Waals surface area contributed by atoms with Gasteiger partial charge in [-0.1, -0.05) is 25.1 Å². The predicted octanol–water partition coefficient (Wildman–Crippen LogP) is 2.68. The number of nitrogens with one attached hydrogen (secondary N) is 1. The van der Waals surface area contributed by atoms with Crippen molar-refractivity contribution in [3.63, 3.8) is 0 Å². The molecule has 120 valence electrons. The highest BCUT2D eigenvalue weighted by Gasteiger charge is 2.16. The number of carbonyl (C=O) groups is 1. The number of thioether (sulfide) groups is 1. The van der Waals surface area contributed by atoms with E-state index < -0.39 is 0 Å². The number of anilines is 1. The standard InChI is InChI=1S/C14H21N5OS2/c1-3-4-6-19(8-11-10(2)5-7-21-11)12(20)9-22-14-16-13(15)17-18-14/h5,7H,3-4,6,8-9H2,1-2H3,(H3,15,16,17,18). The van der Waals surface area contributed by atoms with E-state index in [0.29, 0.717) is 17.5 Å². The quantitative estimate of drug-likeness (QED) is 0.722. The number of aromatic nitrogens is 3. The van der Waals surface area contributed by atoms with E-state index in [1.54, 1.807) is 11.3 Å². The minimum absolute atomic E-state index is 0.106. The fraction of sp³-hybridized carbons (Fsp3) is 0.500. The van der Waals surface area contributed by atoms with Gasteiger partial charge >= 0.3 is 0 Å². The molecule has 22 heavy (non-hydrogen) atoms. The maximum Gasteiger partial charge on any atom is 0.233 e. The van der Waals surface area contributed by atoms with E-state index in [4.69, 9.17) is 5.73 Å². The Morgan fingerprint density at radius 1 is 1.55 bits per heavy atom. The topological polar surface area (TPSA) is 87.9 Å². The number of unbranched alkanes of at least 4 members (excludes halogenated alkanes) is 1. The van der Waals surface area contributed by atoms with Crippen molar-refractivity contribution in [1.29, 1.82) is 0 Å². The summed E-state index contributed by atoms with van der Waals surface area (Å²) in [4.78, 5) is 19.6. The van der Waals surface area contributed by atoms with Gasteiger partial charge in [-0.15, -0.1) is 16.4 Å². The van der Waals surface area contributed by atoms with Gasteiger partial charge in [0.2, 0.25) is 17.0 Å². The zero-order valence-electron chi connectivity index (χ0n) is 12.8. The zero-order valence-corrected chi connectivity index (χ0v) is 14.5. The number of hydrogen-bond donors (Lipinski definition) is 2. The molecule has 0 bridgehead atoms. The number of aryl methyl sites for hydroxylation is 1. The summed E-state index contributed by atoms with van der Waals surface area (Å²) in [6.45, 7) is 5.67. The smallest absolute Gasteiger partial charge is 0.233 e. The fourth-order valence-electron chi connectivity index (χ4n) is 1.92. The Kier molecular flexibility index (Phi) is 6.26. The molecule has 0 radical (unpaired) electrons. The summed E-state index contributed by atoms with van der Waals surface area (Å²) in [6.07, 6.45) is 2.08. The van der Waals surface area contributed by atoms with Gasteiger partial charge in [0.25, 0.3) is 0 Å². The monoisotopic (exact) mass is 339 g/mol. The number of thiophene rings is 1. The Labute approximate surface area is 138 Å². The first-order chi connectivity index (χ1) is 10.6. The number of nitrogen functional groups attached to an aromatic ring is 1. The molecule has 0 fully saturated rings. The number of aromatic amines is 1. The van der Waals surface area contributed by atoms with Gasteiger partial charge in [0.15, 0.2) is 0 Å². The van der Waals surface area contributed by atoms with Crippen LogP contribution in [0.25, 0.3) is 0 Å². The molecule has 0 spiro atoms. The van der Waals surface area contributed by atoms with E-state index in [9.17, 15) is 4.79 Å². The Morgan fingerprint density at radius 2 is 2.36 bits per heavy atom. The van der Waals surface area contributed by atoms with Crippen LogP contribution in [0.1, 0.15) is 30.2 Å². The number of rotatable bonds is 8. The van der Waals surface area contributed by atoms with Crippen molar-refractivity contribution in [3.05, 3.63) is 21.9 Å². The summed E-state index contributed by atoms with van der Waals surface area (Å²) in [5.41, 5.74) is 6.73. The lowest BCUT2D eigenvalue weighted by molar-refractivity contribution is -0.129. The van der Waals surface area contributed by atoms with Crippen molar-refractivity contribution < 1.29 is 4.79 Å². The van der Waals surface area contributed by atoms with Gasteiger partial charge in [-0.05, 0) is 30.4 Å². The first-order valence-electron chi connectivity index (χ1n) is 7.21. The Hall–Kier alpha value is -1.54. The SMILES string of the molecule is CCCCN(Cc1sccc1C)C(=O)CSc1n[nH]c(N)n1. The molecular weight excluding hydrogens is 318 g/mol. The van der Waals surface area contributed by atoms with Crippen LogP contribution < -0.4 is 5.73 Å². The van der Waals surface area contributed by atoms with Crippen LogP contribution >= 0.6 is 23.1 Å². The summed E-state index contributed by atoms with van der Waals surface area (Å²) < 4.78 is 0. The van der Waals surface area contributed by atoms with Gasteiger partial charge in [-0.3, -0.25) is 4.79 Å². The lowest BCUT2D eigenvalue weighted by Crippen LogP contribution is -2.32. The fourth-order valence-corrected chi connectivity index (χ4v) is 3.55. The average Bonchev–Trinajstić information content (AvgIpc) is 3.09. The summed E-state index contributed by atoms with van der Waals surface area (Å²) in [6, 6.07) is 2.09.